The lowest BCUT2D eigenvalue weighted by molar-refractivity contribution is -0.159. The minimum absolute atomic E-state index is 0.420. The Hall–Kier alpha value is -4.11. The van der Waals surface area contributed by atoms with E-state index in [9.17, 15) is 0 Å². The predicted molar refractivity (Wildman–Crippen MR) is 175 cm³/mol. The van der Waals surface area contributed by atoms with Crippen molar-refractivity contribution in [3.05, 3.63) is 103 Å². The number of benzene rings is 4. The molecule has 0 N–H and O–H groups in total. The van der Waals surface area contributed by atoms with Crippen LogP contribution in [0.15, 0.2) is 102 Å². The van der Waals surface area contributed by atoms with Gasteiger partial charge in [-0.05, 0) is 90.7 Å². The Morgan fingerprint density at radius 3 is 2.02 bits per heavy atom. The molecule has 3 heterocycles. The van der Waals surface area contributed by atoms with Gasteiger partial charge in [-0.3, -0.25) is 9.56 Å². The first-order valence-electron chi connectivity index (χ1n) is 16.0. The maximum Gasteiger partial charge on any atom is 0.134 e. The molecular weight excluding hydrogens is 510 g/mol. The molecule has 5 atom stereocenters. The van der Waals surface area contributed by atoms with Gasteiger partial charge in [0.25, 0.3) is 0 Å². The van der Waals surface area contributed by atoms with Gasteiger partial charge in [0.05, 0.1) is 22.1 Å². The van der Waals surface area contributed by atoms with E-state index in [0.29, 0.717) is 5.41 Å². The maximum absolute atomic E-state index is 5.10. The van der Waals surface area contributed by atoms with E-state index < -0.39 is 0 Å². The molecule has 3 saturated carbocycles. The Kier molecular flexibility index (Phi) is 4.61. The van der Waals surface area contributed by atoms with Crippen molar-refractivity contribution in [2.24, 2.45) is 28.7 Å². The van der Waals surface area contributed by atoms with Gasteiger partial charge in [-0.2, -0.15) is 0 Å². The molecule has 3 nitrogen and oxygen atoms in total. The predicted octanol–water partition coefficient (Wildman–Crippen LogP) is 9.42. The number of aromatic nitrogens is 2. The summed E-state index contributed by atoms with van der Waals surface area (Å²) in [7, 11) is 0. The molecule has 0 radical (unpaired) electrons. The smallest absolute Gasteiger partial charge is 0.134 e. The fourth-order valence-electron chi connectivity index (χ4n) is 10.2. The van der Waals surface area contributed by atoms with Gasteiger partial charge in [0.2, 0.25) is 0 Å². The summed E-state index contributed by atoms with van der Waals surface area (Å²) < 4.78 is 4.90. The van der Waals surface area contributed by atoms with E-state index in [0.717, 1.165) is 42.5 Å². The quantitative estimate of drug-likeness (QED) is 0.207. The topological polar surface area (TPSA) is 22.2 Å². The second-order valence-electron chi connectivity index (χ2n) is 13.8. The van der Waals surface area contributed by atoms with Crippen LogP contribution < -0.4 is 0 Å². The van der Waals surface area contributed by atoms with Gasteiger partial charge < -0.3 is 4.57 Å². The molecule has 6 aromatic rings. The van der Waals surface area contributed by atoms with Gasteiger partial charge in [-0.25, -0.2) is 0 Å². The summed E-state index contributed by atoms with van der Waals surface area (Å²) in [4.78, 5) is 5.10. The van der Waals surface area contributed by atoms with Crippen molar-refractivity contribution in [2.45, 2.75) is 44.4 Å². The molecule has 0 bridgehead atoms. The number of fused-ring (bicyclic) bond motifs is 6. The van der Waals surface area contributed by atoms with E-state index in [-0.39, 0.29) is 0 Å². The fraction of sp³-hybridized carbons (Fsp3) is 0.308. The van der Waals surface area contributed by atoms with Crippen molar-refractivity contribution in [2.75, 3.05) is 6.54 Å². The van der Waals surface area contributed by atoms with Crippen molar-refractivity contribution in [1.82, 2.24) is 9.13 Å². The average molecular weight is 546 g/mol. The zero-order valence-electron chi connectivity index (χ0n) is 24.1. The van der Waals surface area contributed by atoms with Gasteiger partial charge in [0.1, 0.15) is 5.84 Å². The zero-order valence-corrected chi connectivity index (χ0v) is 24.1. The summed E-state index contributed by atoms with van der Waals surface area (Å²) in [6, 6.07) is 34.1. The second-order valence-corrected chi connectivity index (χ2v) is 13.8. The molecule has 3 heteroatoms. The largest absolute Gasteiger partial charge is 0.313 e. The van der Waals surface area contributed by atoms with Gasteiger partial charge in [-0.1, -0.05) is 67.6 Å². The molecule has 10 rings (SSSR count). The van der Waals surface area contributed by atoms with Crippen LogP contribution in [0.3, 0.4) is 0 Å². The van der Waals surface area contributed by atoms with Crippen LogP contribution in [0.5, 0.6) is 0 Å². The van der Waals surface area contributed by atoms with E-state index in [1.54, 1.807) is 5.56 Å². The van der Waals surface area contributed by atoms with Crippen molar-refractivity contribution in [3.63, 3.8) is 0 Å². The summed E-state index contributed by atoms with van der Waals surface area (Å²) in [6.07, 6.45) is 9.00. The summed E-state index contributed by atoms with van der Waals surface area (Å²) >= 11 is 0. The van der Waals surface area contributed by atoms with Crippen molar-refractivity contribution < 1.29 is 0 Å². The van der Waals surface area contributed by atoms with E-state index in [2.05, 4.69) is 113 Å². The first kappa shape index (κ1) is 23.5. The Balaban J connectivity index is 1.15. The molecule has 1 aliphatic heterocycles. The molecule has 42 heavy (non-hydrogen) atoms. The van der Waals surface area contributed by atoms with Gasteiger partial charge in [0.15, 0.2) is 0 Å². The number of allylic oxidation sites excluding steroid dienone is 1. The van der Waals surface area contributed by atoms with Crippen molar-refractivity contribution >= 4 is 55.1 Å². The number of nitrogens with zero attached hydrogens (tertiary/aromatic N) is 3. The van der Waals surface area contributed by atoms with E-state index in [1.165, 1.54) is 75.0 Å². The molecule has 4 aromatic carbocycles. The van der Waals surface area contributed by atoms with Crippen LogP contribution in [-0.2, 0) is 5.41 Å². The average Bonchev–Trinajstić information content (AvgIpc) is 3.51. The highest BCUT2D eigenvalue weighted by Gasteiger charge is 2.65. The van der Waals surface area contributed by atoms with Crippen LogP contribution in [-0.4, -0.2) is 21.5 Å². The molecule has 5 unspecified atom stereocenters. The highest BCUT2D eigenvalue weighted by molar-refractivity contribution is 6.18. The fourth-order valence-corrected chi connectivity index (χ4v) is 10.2. The number of hydrogen-bond donors (Lipinski definition) is 0. The third-order valence-corrected chi connectivity index (χ3v) is 11.6. The third kappa shape index (κ3) is 2.94. The first-order valence-corrected chi connectivity index (χ1v) is 16.0. The summed E-state index contributed by atoms with van der Waals surface area (Å²) in [6.45, 7) is 3.29. The van der Waals surface area contributed by atoms with Crippen molar-refractivity contribution in [1.29, 1.82) is 0 Å². The lowest BCUT2D eigenvalue weighted by atomic mass is 9.34. The van der Waals surface area contributed by atoms with Gasteiger partial charge in [0, 0.05) is 46.3 Å². The van der Waals surface area contributed by atoms with Crippen LogP contribution >= 0.6 is 0 Å². The van der Waals surface area contributed by atoms with Crippen molar-refractivity contribution in [3.8, 4) is 0 Å². The van der Waals surface area contributed by atoms with Crippen LogP contribution in [0.25, 0.3) is 49.3 Å². The summed E-state index contributed by atoms with van der Waals surface area (Å²) in [5.41, 5.74) is 8.43. The van der Waals surface area contributed by atoms with E-state index >= 15 is 0 Å². The molecule has 0 spiro atoms. The van der Waals surface area contributed by atoms with Gasteiger partial charge >= 0.3 is 0 Å². The minimum Gasteiger partial charge on any atom is -0.313 e. The third-order valence-electron chi connectivity index (χ3n) is 11.6. The number of para-hydroxylation sites is 3. The first-order chi connectivity index (χ1) is 20.7. The lowest BCUT2D eigenvalue weighted by Gasteiger charge is -2.70. The van der Waals surface area contributed by atoms with Crippen LogP contribution in [0.4, 0.5) is 0 Å². The molecule has 3 fully saturated rings. The molecule has 0 saturated heterocycles. The Labute approximate surface area is 246 Å². The standard InChI is InChI=1S/C39H35N3/c1-24-18-25-19-26-23-39(22-24,38(25)26)27-14-15-36-32(20-27)31-10-4-5-11-33(31)41(36)28-16-17-40-37(21-28)42-34-12-6-2-8-29(34)30-9-3-7-13-35(30)42/h2-15,20-21,24-26,38H,16-19,22-23H2,1H3. The van der Waals surface area contributed by atoms with Gasteiger partial charge in [-0.15, -0.1) is 0 Å². The molecule has 4 aliphatic rings. The molecular formula is C39H35N3. The Bertz CT molecular complexity index is 2100. The molecule has 206 valence electrons. The Morgan fingerprint density at radius 1 is 0.667 bits per heavy atom. The van der Waals surface area contributed by atoms with E-state index in [1.807, 2.05) is 0 Å². The Morgan fingerprint density at radius 2 is 1.31 bits per heavy atom. The number of aliphatic imine (C=N–C) groups is 1. The molecule has 2 aromatic heterocycles. The number of hydrogen-bond acceptors (Lipinski definition) is 1. The van der Waals surface area contributed by atoms with Crippen LogP contribution in [0.2, 0.25) is 0 Å². The lowest BCUT2D eigenvalue weighted by Crippen LogP contribution is -2.65. The number of rotatable bonds is 2. The number of dihydropyridines is 1. The monoisotopic (exact) mass is 545 g/mol. The zero-order chi connectivity index (χ0) is 27.6. The highest BCUT2D eigenvalue weighted by atomic mass is 15.1. The highest BCUT2D eigenvalue weighted by Crippen LogP contribution is 2.71. The normalized spacial score (nSPS) is 28.4. The summed E-state index contributed by atoms with van der Waals surface area (Å²) in [5.74, 6) is 4.77. The van der Waals surface area contributed by atoms with Crippen LogP contribution in [0, 0.1) is 23.7 Å². The second kappa shape index (κ2) is 8.25. The van der Waals surface area contributed by atoms with E-state index in [4.69, 9.17) is 4.99 Å². The molecule has 0 amide bonds. The SMILES string of the molecule is CC1CC2CC3CC(c4ccc5c(c4)c4ccccc4n5C4=CC(n5c6ccccc6c6ccccc65)=NCC4)(C1)C23. The minimum atomic E-state index is 0.420. The van der Waals surface area contributed by atoms with Crippen LogP contribution in [0.1, 0.15) is 44.6 Å². The summed E-state index contributed by atoms with van der Waals surface area (Å²) in [5, 5.41) is 5.35. The molecule has 3 aliphatic carbocycles. The maximum atomic E-state index is 5.10.